The molecule has 0 saturated carbocycles. The molecule has 0 saturated heterocycles. The Kier molecular flexibility index (Phi) is 2.82. The number of aromatic nitrogens is 2. The molecule has 1 aromatic heterocycles. The molecule has 0 unspecified atom stereocenters. The van der Waals surface area contributed by atoms with Crippen molar-refractivity contribution in [2.45, 2.75) is 6.92 Å². The third kappa shape index (κ3) is 1.82. The van der Waals surface area contributed by atoms with E-state index in [-0.39, 0.29) is 5.02 Å². The number of anilines is 1. The van der Waals surface area contributed by atoms with Crippen LogP contribution in [0.1, 0.15) is 6.92 Å². The van der Waals surface area contributed by atoms with Gasteiger partial charge in [-0.2, -0.15) is 10.2 Å². The van der Waals surface area contributed by atoms with Gasteiger partial charge in [-0.1, -0.05) is 11.6 Å². The number of hydrogen-bond acceptors (Lipinski definition) is 4. The van der Waals surface area contributed by atoms with E-state index in [0.29, 0.717) is 5.69 Å². The number of rotatable bonds is 2. The fourth-order valence-electron chi connectivity index (χ4n) is 0.596. The molecule has 12 heavy (non-hydrogen) atoms. The van der Waals surface area contributed by atoms with E-state index in [2.05, 4.69) is 20.7 Å². The lowest BCUT2D eigenvalue weighted by atomic mass is 10.5. The molecule has 6 heteroatoms. The van der Waals surface area contributed by atoms with Gasteiger partial charge in [0.1, 0.15) is 10.7 Å². The summed E-state index contributed by atoms with van der Waals surface area (Å²) < 4.78 is 0. The van der Waals surface area contributed by atoms with Crippen molar-refractivity contribution >= 4 is 23.5 Å². The van der Waals surface area contributed by atoms with Gasteiger partial charge in [0, 0.05) is 6.21 Å². The molecule has 5 nitrogen and oxygen atoms in total. The second-order valence-electron chi connectivity index (χ2n) is 1.93. The van der Waals surface area contributed by atoms with Gasteiger partial charge in [0.05, 0.1) is 6.20 Å². The number of nitrogens with zero attached hydrogens (tertiary/aromatic N) is 2. The zero-order valence-electron chi connectivity index (χ0n) is 6.34. The minimum absolute atomic E-state index is 0.0515. The average Bonchev–Trinajstić information content (AvgIpc) is 2.08. The smallest absolute Gasteiger partial charge is 0.275 e. The molecule has 1 heterocycles. The van der Waals surface area contributed by atoms with Crippen LogP contribution in [-0.4, -0.2) is 16.4 Å². The van der Waals surface area contributed by atoms with Gasteiger partial charge >= 0.3 is 0 Å². The number of aromatic amines is 1. The van der Waals surface area contributed by atoms with E-state index in [1.165, 1.54) is 12.4 Å². The van der Waals surface area contributed by atoms with Crippen molar-refractivity contribution < 1.29 is 0 Å². The summed E-state index contributed by atoms with van der Waals surface area (Å²) in [5, 5.41) is 9.47. The molecule has 0 aliphatic rings. The summed E-state index contributed by atoms with van der Waals surface area (Å²) in [5.41, 5.74) is 2.51. The van der Waals surface area contributed by atoms with Crippen molar-refractivity contribution in [3.8, 4) is 0 Å². The number of H-pyrrole nitrogens is 1. The van der Waals surface area contributed by atoms with Gasteiger partial charge in [0.15, 0.2) is 0 Å². The maximum atomic E-state index is 10.9. The second-order valence-corrected chi connectivity index (χ2v) is 2.30. The predicted octanol–water partition coefficient (Wildman–Crippen LogP) is 0.841. The van der Waals surface area contributed by atoms with Gasteiger partial charge < -0.3 is 0 Å². The van der Waals surface area contributed by atoms with Crippen LogP contribution in [0.4, 0.5) is 5.69 Å². The van der Waals surface area contributed by atoms with E-state index < -0.39 is 5.56 Å². The normalized spacial score (nSPS) is 10.5. The molecule has 1 rings (SSSR count). The Labute approximate surface area is 73.4 Å². The summed E-state index contributed by atoms with van der Waals surface area (Å²) in [4.78, 5) is 10.9. The highest BCUT2D eigenvalue weighted by Gasteiger charge is 2.01. The number of hydrazone groups is 1. The molecule has 0 aliphatic heterocycles. The third-order valence-electron chi connectivity index (χ3n) is 1.11. The Balaban J connectivity index is 3.00. The van der Waals surface area contributed by atoms with Gasteiger partial charge in [-0.05, 0) is 6.92 Å². The van der Waals surface area contributed by atoms with Gasteiger partial charge in [0.25, 0.3) is 5.56 Å². The minimum atomic E-state index is -0.437. The van der Waals surface area contributed by atoms with Crippen molar-refractivity contribution in [2.24, 2.45) is 5.10 Å². The molecule has 0 fully saturated rings. The van der Waals surface area contributed by atoms with Crippen LogP contribution in [0.3, 0.4) is 0 Å². The summed E-state index contributed by atoms with van der Waals surface area (Å²) in [6.07, 6.45) is 2.92. The first-order chi connectivity index (χ1) is 5.75. The molecule has 0 bridgehead atoms. The highest BCUT2D eigenvalue weighted by Crippen LogP contribution is 2.13. The van der Waals surface area contributed by atoms with Crippen LogP contribution in [0.5, 0.6) is 0 Å². The van der Waals surface area contributed by atoms with Crippen LogP contribution < -0.4 is 11.0 Å². The highest BCUT2D eigenvalue weighted by atomic mass is 35.5. The first kappa shape index (κ1) is 8.73. The topological polar surface area (TPSA) is 70.1 Å². The van der Waals surface area contributed by atoms with Gasteiger partial charge in [0.2, 0.25) is 0 Å². The third-order valence-corrected chi connectivity index (χ3v) is 1.48. The second kappa shape index (κ2) is 3.87. The molecule has 0 aliphatic carbocycles. The van der Waals surface area contributed by atoms with E-state index in [0.717, 1.165) is 0 Å². The molecular formula is C6H7ClN4O. The lowest BCUT2D eigenvalue weighted by Gasteiger charge is -1.98. The molecule has 0 aromatic carbocycles. The Morgan fingerprint density at radius 1 is 1.83 bits per heavy atom. The summed E-state index contributed by atoms with van der Waals surface area (Å²) in [7, 11) is 0. The molecule has 0 amide bonds. The number of nitrogens with one attached hydrogen (secondary N) is 2. The van der Waals surface area contributed by atoms with Gasteiger partial charge in [-0.3, -0.25) is 10.2 Å². The monoisotopic (exact) mass is 186 g/mol. The zero-order valence-corrected chi connectivity index (χ0v) is 7.09. The van der Waals surface area contributed by atoms with Crippen molar-refractivity contribution in [3.63, 3.8) is 0 Å². The Morgan fingerprint density at radius 2 is 2.58 bits per heavy atom. The van der Waals surface area contributed by atoms with Crippen LogP contribution in [-0.2, 0) is 0 Å². The summed E-state index contributed by atoms with van der Waals surface area (Å²) in [6, 6.07) is 0. The quantitative estimate of drug-likeness (QED) is 0.531. The first-order valence-corrected chi connectivity index (χ1v) is 3.60. The Hall–Kier alpha value is -1.36. The average molecular weight is 187 g/mol. The minimum Gasteiger partial charge on any atom is -0.275 e. The molecule has 64 valence electrons. The fourth-order valence-corrected chi connectivity index (χ4v) is 0.729. The van der Waals surface area contributed by atoms with E-state index in [1.807, 2.05) is 0 Å². The predicted molar refractivity (Wildman–Crippen MR) is 47.7 cm³/mol. The lowest BCUT2D eigenvalue weighted by Crippen LogP contribution is -2.09. The van der Waals surface area contributed by atoms with Crippen molar-refractivity contribution in [1.82, 2.24) is 10.2 Å². The zero-order chi connectivity index (χ0) is 8.97. The van der Waals surface area contributed by atoms with Crippen molar-refractivity contribution in [2.75, 3.05) is 5.43 Å². The van der Waals surface area contributed by atoms with E-state index in [1.54, 1.807) is 6.92 Å². The Bertz CT molecular complexity index is 346. The molecular weight excluding hydrogens is 180 g/mol. The van der Waals surface area contributed by atoms with Crippen LogP contribution in [0.15, 0.2) is 16.1 Å². The maximum absolute atomic E-state index is 10.9. The van der Waals surface area contributed by atoms with Crippen molar-refractivity contribution in [1.29, 1.82) is 0 Å². The van der Waals surface area contributed by atoms with Crippen LogP contribution in [0, 0.1) is 0 Å². The summed E-state index contributed by atoms with van der Waals surface area (Å²) in [6.45, 7) is 1.74. The number of halogens is 1. The molecule has 0 radical (unpaired) electrons. The first-order valence-electron chi connectivity index (χ1n) is 3.22. The molecule has 2 N–H and O–H groups in total. The van der Waals surface area contributed by atoms with Crippen LogP contribution in [0.2, 0.25) is 5.02 Å². The summed E-state index contributed by atoms with van der Waals surface area (Å²) in [5.74, 6) is 0. The molecule has 0 spiro atoms. The SMILES string of the molecule is C/C=N/Nc1cn[nH]c(=O)c1Cl. The maximum Gasteiger partial charge on any atom is 0.285 e. The van der Waals surface area contributed by atoms with Gasteiger partial charge in [-0.25, -0.2) is 5.10 Å². The van der Waals surface area contributed by atoms with E-state index in [9.17, 15) is 4.79 Å². The van der Waals surface area contributed by atoms with Crippen LogP contribution >= 0.6 is 11.6 Å². The van der Waals surface area contributed by atoms with Crippen molar-refractivity contribution in [3.05, 3.63) is 21.6 Å². The van der Waals surface area contributed by atoms with E-state index >= 15 is 0 Å². The standard InChI is InChI=1S/C6H7ClN4O/c1-2-8-10-4-3-9-11-6(12)5(4)7/h2-3H,1H3,(H2,10,11,12)/b8-2+. The fraction of sp³-hybridized carbons (Fsp3) is 0.167. The molecule has 0 atom stereocenters. The largest absolute Gasteiger partial charge is 0.285 e. The number of hydrogen-bond donors (Lipinski definition) is 2. The highest BCUT2D eigenvalue weighted by molar-refractivity contribution is 6.32. The Morgan fingerprint density at radius 3 is 3.25 bits per heavy atom. The van der Waals surface area contributed by atoms with Crippen LogP contribution in [0.25, 0.3) is 0 Å². The summed E-state index contributed by atoms with van der Waals surface area (Å²) >= 11 is 5.61. The van der Waals surface area contributed by atoms with Gasteiger partial charge in [-0.15, -0.1) is 0 Å². The van der Waals surface area contributed by atoms with E-state index in [4.69, 9.17) is 11.6 Å². The molecule has 1 aromatic rings. The lowest BCUT2D eigenvalue weighted by molar-refractivity contribution is 0.987.